The Balaban J connectivity index is 2.30. The van der Waals surface area contributed by atoms with Crippen molar-refractivity contribution in [3.05, 3.63) is 17.7 Å². The van der Waals surface area contributed by atoms with Gasteiger partial charge in [-0.15, -0.1) is 0 Å². The van der Waals surface area contributed by atoms with Crippen molar-refractivity contribution >= 4 is 5.69 Å². The molecule has 1 fully saturated rings. The maximum Gasteiger partial charge on any atom is 0.134 e. The molecule has 0 aromatic carbocycles. The Morgan fingerprint density at radius 1 is 1.28 bits per heavy atom. The fourth-order valence-corrected chi connectivity index (χ4v) is 2.20. The summed E-state index contributed by atoms with van der Waals surface area (Å²) in [6, 6.07) is 0. The first-order chi connectivity index (χ1) is 8.52. The fraction of sp³-hybridized carbons (Fsp3) is 0.714. The Morgan fingerprint density at radius 3 is 2.50 bits per heavy atom. The van der Waals surface area contributed by atoms with Crippen LogP contribution in [0.1, 0.15) is 39.2 Å². The number of hydrogen-bond acceptors (Lipinski definition) is 4. The van der Waals surface area contributed by atoms with Crippen LogP contribution in [0.2, 0.25) is 0 Å². The molecular formula is C14H24N4. The first-order valence-electron chi connectivity index (χ1n) is 6.84. The van der Waals surface area contributed by atoms with E-state index >= 15 is 0 Å². The lowest BCUT2D eigenvalue weighted by molar-refractivity contribution is 0.538. The lowest BCUT2D eigenvalue weighted by atomic mass is 9.95. The molecule has 0 radical (unpaired) electrons. The highest BCUT2D eigenvalue weighted by Crippen LogP contribution is 2.24. The van der Waals surface area contributed by atoms with Gasteiger partial charge in [0.2, 0.25) is 0 Å². The van der Waals surface area contributed by atoms with Gasteiger partial charge >= 0.3 is 0 Å². The monoisotopic (exact) mass is 248 g/mol. The molecule has 1 aliphatic rings. The molecule has 1 aromatic rings. The SMILES string of the molecule is CCc1nc(C(C)(C)C)ncc1N1CCNCC1. The van der Waals surface area contributed by atoms with Gasteiger partial charge in [-0.25, -0.2) is 9.97 Å². The van der Waals surface area contributed by atoms with Crippen LogP contribution in [0.5, 0.6) is 0 Å². The van der Waals surface area contributed by atoms with Gasteiger partial charge in [0, 0.05) is 31.6 Å². The zero-order chi connectivity index (χ0) is 13.2. The predicted octanol–water partition coefficient (Wildman–Crippen LogP) is 1.75. The molecule has 2 heterocycles. The van der Waals surface area contributed by atoms with Gasteiger partial charge in [0.15, 0.2) is 0 Å². The van der Waals surface area contributed by atoms with Crippen LogP contribution < -0.4 is 10.2 Å². The van der Waals surface area contributed by atoms with E-state index in [0.717, 1.165) is 38.4 Å². The highest BCUT2D eigenvalue weighted by atomic mass is 15.2. The van der Waals surface area contributed by atoms with Crippen LogP contribution in [-0.2, 0) is 11.8 Å². The van der Waals surface area contributed by atoms with Gasteiger partial charge in [-0.1, -0.05) is 27.7 Å². The Morgan fingerprint density at radius 2 is 1.94 bits per heavy atom. The van der Waals surface area contributed by atoms with Crippen LogP contribution in [0.25, 0.3) is 0 Å². The molecule has 4 heteroatoms. The molecule has 4 nitrogen and oxygen atoms in total. The standard InChI is InChI=1S/C14H24N4/c1-5-11-12(18-8-6-15-7-9-18)10-16-13(17-11)14(2,3)4/h10,15H,5-9H2,1-4H3. The van der Waals surface area contributed by atoms with Crippen molar-refractivity contribution in [1.82, 2.24) is 15.3 Å². The van der Waals surface area contributed by atoms with Crippen LogP contribution in [0.15, 0.2) is 6.20 Å². The normalized spacial score (nSPS) is 17.0. The number of nitrogens with zero attached hydrogens (tertiary/aromatic N) is 3. The second-order valence-electron chi connectivity index (χ2n) is 5.87. The molecular weight excluding hydrogens is 224 g/mol. The molecule has 2 rings (SSSR count). The van der Waals surface area contributed by atoms with Crippen LogP contribution in [0.3, 0.4) is 0 Å². The van der Waals surface area contributed by atoms with Crippen molar-refractivity contribution in [3.63, 3.8) is 0 Å². The summed E-state index contributed by atoms with van der Waals surface area (Å²) in [6.45, 7) is 12.8. The van der Waals surface area contributed by atoms with Gasteiger partial charge in [0.05, 0.1) is 17.6 Å². The van der Waals surface area contributed by atoms with Crippen LogP contribution in [0, 0.1) is 0 Å². The zero-order valence-corrected chi connectivity index (χ0v) is 12.0. The summed E-state index contributed by atoms with van der Waals surface area (Å²) in [5, 5.41) is 3.38. The molecule has 1 aromatic heterocycles. The van der Waals surface area contributed by atoms with Crippen molar-refractivity contribution in [2.75, 3.05) is 31.1 Å². The summed E-state index contributed by atoms with van der Waals surface area (Å²) in [7, 11) is 0. The average molecular weight is 248 g/mol. The van der Waals surface area contributed by atoms with Gasteiger partial charge in [-0.2, -0.15) is 0 Å². The van der Waals surface area contributed by atoms with E-state index in [0.29, 0.717) is 0 Å². The van der Waals surface area contributed by atoms with Crippen LogP contribution in [0.4, 0.5) is 5.69 Å². The maximum atomic E-state index is 4.76. The highest BCUT2D eigenvalue weighted by Gasteiger charge is 2.21. The van der Waals surface area contributed by atoms with E-state index in [9.17, 15) is 0 Å². The number of hydrogen-bond donors (Lipinski definition) is 1. The molecule has 18 heavy (non-hydrogen) atoms. The van der Waals surface area contributed by atoms with E-state index in [1.807, 2.05) is 6.20 Å². The molecule has 0 unspecified atom stereocenters. The number of piperazine rings is 1. The van der Waals surface area contributed by atoms with Crippen molar-refractivity contribution in [1.29, 1.82) is 0 Å². The third-order valence-electron chi connectivity index (χ3n) is 3.31. The first-order valence-corrected chi connectivity index (χ1v) is 6.84. The van der Waals surface area contributed by atoms with Crippen molar-refractivity contribution in [2.24, 2.45) is 0 Å². The summed E-state index contributed by atoms with van der Waals surface area (Å²) < 4.78 is 0. The summed E-state index contributed by atoms with van der Waals surface area (Å²) >= 11 is 0. The van der Waals surface area contributed by atoms with Gasteiger partial charge in [0.1, 0.15) is 5.82 Å². The second-order valence-corrected chi connectivity index (χ2v) is 5.87. The molecule has 100 valence electrons. The summed E-state index contributed by atoms with van der Waals surface area (Å²) in [6.07, 6.45) is 2.97. The summed E-state index contributed by atoms with van der Waals surface area (Å²) in [5.41, 5.74) is 2.41. The largest absolute Gasteiger partial charge is 0.366 e. The van der Waals surface area contributed by atoms with Crippen molar-refractivity contribution in [2.45, 2.75) is 39.5 Å². The molecule has 1 aliphatic heterocycles. The van der Waals surface area contributed by atoms with Crippen LogP contribution >= 0.6 is 0 Å². The minimum atomic E-state index is 0.0197. The minimum absolute atomic E-state index is 0.0197. The number of nitrogens with one attached hydrogen (secondary N) is 1. The molecule has 0 saturated carbocycles. The second kappa shape index (κ2) is 5.22. The van der Waals surface area contributed by atoms with Crippen molar-refractivity contribution < 1.29 is 0 Å². The van der Waals surface area contributed by atoms with E-state index in [1.165, 1.54) is 11.4 Å². The molecule has 0 amide bonds. The molecule has 0 aliphatic carbocycles. The third-order valence-corrected chi connectivity index (χ3v) is 3.31. The summed E-state index contributed by atoms with van der Waals surface area (Å²) in [5.74, 6) is 0.943. The molecule has 0 atom stereocenters. The number of aryl methyl sites for hydroxylation is 1. The van der Waals surface area contributed by atoms with E-state index in [1.54, 1.807) is 0 Å². The van der Waals surface area contributed by atoms with Gasteiger partial charge in [-0.3, -0.25) is 0 Å². The topological polar surface area (TPSA) is 41.1 Å². The Labute approximate surface area is 110 Å². The average Bonchev–Trinajstić information content (AvgIpc) is 2.38. The molecule has 0 bridgehead atoms. The highest BCUT2D eigenvalue weighted by molar-refractivity contribution is 5.49. The smallest absolute Gasteiger partial charge is 0.134 e. The Kier molecular flexibility index (Phi) is 3.85. The molecule has 1 saturated heterocycles. The maximum absolute atomic E-state index is 4.76. The fourth-order valence-electron chi connectivity index (χ4n) is 2.20. The number of rotatable bonds is 2. The molecule has 0 spiro atoms. The quantitative estimate of drug-likeness (QED) is 0.865. The number of aromatic nitrogens is 2. The van der Waals surface area contributed by atoms with E-state index in [4.69, 9.17) is 4.98 Å². The third kappa shape index (κ3) is 2.80. The molecule has 1 N–H and O–H groups in total. The summed E-state index contributed by atoms with van der Waals surface area (Å²) in [4.78, 5) is 11.7. The lowest BCUT2D eigenvalue weighted by Crippen LogP contribution is -2.44. The first kappa shape index (κ1) is 13.3. The predicted molar refractivity (Wildman–Crippen MR) is 75.2 cm³/mol. The number of anilines is 1. The van der Waals surface area contributed by atoms with Gasteiger partial charge < -0.3 is 10.2 Å². The minimum Gasteiger partial charge on any atom is -0.366 e. The van der Waals surface area contributed by atoms with Crippen molar-refractivity contribution in [3.8, 4) is 0 Å². The van der Waals surface area contributed by atoms with Gasteiger partial charge in [-0.05, 0) is 6.42 Å². The van der Waals surface area contributed by atoms with Crippen LogP contribution in [-0.4, -0.2) is 36.1 Å². The van der Waals surface area contributed by atoms with E-state index in [-0.39, 0.29) is 5.41 Å². The van der Waals surface area contributed by atoms with E-state index in [2.05, 4.69) is 42.9 Å². The zero-order valence-electron chi connectivity index (χ0n) is 12.0. The Bertz CT molecular complexity index is 403. The van der Waals surface area contributed by atoms with E-state index < -0.39 is 0 Å². The van der Waals surface area contributed by atoms with Gasteiger partial charge in [0.25, 0.3) is 0 Å². The Hall–Kier alpha value is -1.16. The lowest BCUT2D eigenvalue weighted by Gasteiger charge is -2.31.